The van der Waals surface area contributed by atoms with Crippen LogP contribution in [0.25, 0.3) is 65.3 Å². The molecule has 7 aromatic carbocycles. The second-order valence-corrected chi connectivity index (χ2v) is 9.87. The lowest BCUT2D eigenvalue weighted by molar-refractivity contribution is -0.137. The first kappa shape index (κ1) is 24.3. The van der Waals surface area contributed by atoms with Gasteiger partial charge in [0.2, 0.25) is 0 Å². The van der Waals surface area contributed by atoms with E-state index >= 15 is 0 Å². The number of fused-ring (bicyclic) bond motifs is 5. The highest BCUT2D eigenvalue weighted by atomic mass is 19.4. The normalized spacial score (nSPS) is 12.1. The van der Waals surface area contributed by atoms with E-state index in [4.69, 9.17) is 0 Å². The Bertz CT molecular complexity index is 2110. The van der Waals surface area contributed by atoms with Gasteiger partial charge in [0.05, 0.1) is 5.56 Å². The largest absolute Gasteiger partial charge is 0.416 e. The molecule has 0 radical (unpaired) electrons. The number of halogens is 5. The highest BCUT2D eigenvalue weighted by Gasteiger charge is 2.30. The van der Waals surface area contributed by atoms with Crippen molar-refractivity contribution in [2.75, 3.05) is 0 Å². The predicted molar refractivity (Wildman–Crippen MR) is 152 cm³/mol. The SMILES string of the molecule is Fc1cc2c(-c3ccc(C(F)(F)F)cc3)c3ccccc3c(-c3cc4ccccc4c4ccccc34)c2cc1F. The molecule has 0 aliphatic heterocycles. The lowest BCUT2D eigenvalue weighted by Crippen LogP contribution is -2.04. The quantitative estimate of drug-likeness (QED) is 0.118. The first-order valence-electron chi connectivity index (χ1n) is 12.7. The smallest absolute Gasteiger partial charge is 0.204 e. The first-order chi connectivity index (χ1) is 19.3. The minimum Gasteiger partial charge on any atom is -0.204 e. The van der Waals surface area contributed by atoms with E-state index in [1.165, 1.54) is 18.2 Å². The summed E-state index contributed by atoms with van der Waals surface area (Å²) in [7, 11) is 0. The minimum atomic E-state index is -4.49. The maximum absolute atomic E-state index is 14.9. The highest BCUT2D eigenvalue weighted by molar-refractivity contribution is 6.25. The molecule has 5 heteroatoms. The van der Waals surface area contributed by atoms with Crippen molar-refractivity contribution in [1.82, 2.24) is 0 Å². The van der Waals surface area contributed by atoms with E-state index < -0.39 is 23.4 Å². The molecule has 0 aliphatic rings. The van der Waals surface area contributed by atoms with E-state index in [9.17, 15) is 22.0 Å². The Morgan fingerprint density at radius 1 is 0.425 bits per heavy atom. The fourth-order valence-electron chi connectivity index (χ4n) is 5.86. The minimum absolute atomic E-state index is 0.421. The van der Waals surface area contributed by atoms with Crippen LogP contribution in [0, 0.1) is 11.6 Å². The third-order valence-electron chi connectivity index (χ3n) is 7.60. The molecule has 0 amide bonds. The van der Waals surface area contributed by atoms with Gasteiger partial charge in [0.15, 0.2) is 11.6 Å². The van der Waals surface area contributed by atoms with Crippen LogP contribution in [-0.2, 0) is 6.18 Å². The number of rotatable bonds is 2. The standard InChI is InChI=1S/C35H19F5/c36-31-18-29-30(19-32(31)37)34(28-17-21-7-1-2-8-23(21)24-9-3-4-10-25(24)28)27-12-6-5-11-26(27)33(29)20-13-15-22(16-14-20)35(38,39)40/h1-19H. The lowest BCUT2D eigenvalue weighted by atomic mass is 9.83. The van der Waals surface area contributed by atoms with Crippen molar-refractivity contribution in [3.63, 3.8) is 0 Å². The summed E-state index contributed by atoms with van der Waals surface area (Å²) in [6.07, 6.45) is -4.49. The Balaban J connectivity index is 1.66. The molecular formula is C35H19F5. The molecule has 0 saturated carbocycles. The Kier molecular flexibility index (Phi) is 5.39. The molecular weight excluding hydrogens is 515 g/mol. The molecule has 194 valence electrons. The van der Waals surface area contributed by atoms with Gasteiger partial charge in [-0.15, -0.1) is 0 Å². The number of benzene rings is 7. The van der Waals surface area contributed by atoms with Gasteiger partial charge in [0, 0.05) is 0 Å². The summed E-state index contributed by atoms with van der Waals surface area (Å²) >= 11 is 0. The predicted octanol–water partition coefficient (Wildman–Crippen LogP) is 10.9. The van der Waals surface area contributed by atoms with E-state index in [1.54, 1.807) is 0 Å². The molecule has 0 N–H and O–H groups in total. The zero-order chi connectivity index (χ0) is 27.6. The van der Waals surface area contributed by atoms with Crippen LogP contribution in [-0.4, -0.2) is 0 Å². The fourth-order valence-corrected chi connectivity index (χ4v) is 5.86. The third kappa shape index (κ3) is 3.73. The van der Waals surface area contributed by atoms with Crippen molar-refractivity contribution in [3.05, 3.63) is 132 Å². The molecule has 0 saturated heterocycles. The zero-order valence-corrected chi connectivity index (χ0v) is 20.9. The second-order valence-electron chi connectivity index (χ2n) is 9.87. The van der Waals surface area contributed by atoms with Crippen LogP contribution >= 0.6 is 0 Å². The Morgan fingerprint density at radius 3 is 1.55 bits per heavy atom. The lowest BCUT2D eigenvalue weighted by Gasteiger charge is -2.20. The molecule has 0 aliphatic carbocycles. The zero-order valence-electron chi connectivity index (χ0n) is 20.9. The Morgan fingerprint density at radius 2 is 0.925 bits per heavy atom. The van der Waals surface area contributed by atoms with Crippen molar-refractivity contribution < 1.29 is 22.0 Å². The molecule has 0 bridgehead atoms. The van der Waals surface area contributed by atoms with E-state index in [-0.39, 0.29) is 0 Å². The van der Waals surface area contributed by atoms with Crippen LogP contribution in [0.3, 0.4) is 0 Å². The Labute approximate surface area is 225 Å². The van der Waals surface area contributed by atoms with Gasteiger partial charge in [-0.25, -0.2) is 8.78 Å². The number of alkyl halides is 3. The van der Waals surface area contributed by atoms with E-state index in [1.807, 2.05) is 66.7 Å². The molecule has 0 heterocycles. The molecule has 0 spiro atoms. The molecule has 40 heavy (non-hydrogen) atoms. The average molecular weight is 535 g/mol. The highest BCUT2D eigenvalue weighted by Crippen LogP contribution is 2.47. The van der Waals surface area contributed by atoms with Gasteiger partial charge in [0.25, 0.3) is 0 Å². The Hall–Kier alpha value is -4.77. The summed E-state index contributed by atoms with van der Waals surface area (Å²) in [6.45, 7) is 0. The van der Waals surface area contributed by atoms with E-state index in [0.717, 1.165) is 61.6 Å². The van der Waals surface area contributed by atoms with Gasteiger partial charge in [-0.1, -0.05) is 84.9 Å². The van der Waals surface area contributed by atoms with Gasteiger partial charge in [-0.3, -0.25) is 0 Å². The molecule has 7 aromatic rings. The molecule has 0 unspecified atom stereocenters. The van der Waals surface area contributed by atoms with Crippen LogP contribution < -0.4 is 0 Å². The molecule has 0 atom stereocenters. The molecule has 0 fully saturated rings. The van der Waals surface area contributed by atoms with Crippen LogP contribution in [0.5, 0.6) is 0 Å². The summed E-state index contributed by atoms with van der Waals surface area (Å²) in [5.74, 6) is -2.02. The summed E-state index contributed by atoms with van der Waals surface area (Å²) in [5.41, 5.74) is 1.85. The number of hydrogen-bond acceptors (Lipinski definition) is 0. The van der Waals surface area contributed by atoms with Crippen molar-refractivity contribution in [2.45, 2.75) is 6.18 Å². The second kappa shape index (κ2) is 8.88. The van der Waals surface area contributed by atoms with Crippen LogP contribution in [0.4, 0.5) is 22.0 Å². The van der Waals surface area contributed by atoms with Crippen molar-refractivity contribution in [3.8, 4) is 22.3 Å². The van der Waals surface area contributed by atoms with Gasteiger partial charge >= 0.3 is 6.18 Å². The number of hydrogen-bond donors (Lipinski definition) is 0. The summed E-state index contributed by atoms with van der Waals surface area (Å²) < 4.78 is 69.7. The van der Waals surface area contributed by atoms with Crippen LogP contribution in [0.15, 0.2) is 115 Å². The molecule has 0 nitrogen and oxygen atoms in total. The molecule has 0 aromatic heterocycles. The van der Waals surface area contributed by atoms with Crippen molar-refractivity contribution >= 4 is 43.1 Å². The molecule has 7 rings (SSSR count). The fraction of sp³-hybridized carbons (Fsp3) is 0.0286. The van der Waals surface area contributed by atoms with Gasteiger partial charge < -0.3 is 0 Å². The van der Waals surface area contributed by atoms with Gasteiger partial charge in [0.1, 0.15) is 0 Å². The van der Waals surface area contributed by atoms with Crippen molar-refractivity contribution in [2.24, 2.45) is 0 Å². The maximum atomic E-state index is 14.9. The summed E-state index contributed by atoms with van der Waals surface area (Å²) in [5, 5.41) is 6.49. The average Bonchev–Trinajstić information content (AvgIpc) is 2.96. The maximum Gasteiger partial charge on any atom is 0.416 e. The van der Waals surface area contributed by atoms with Crippen molar-refractivity contribution in [1.29, 1.82) is 0 Å². The van der Waals surface area contributed by atoms with E-state index in [0.29, 0.717) is 21.9 Å². The summed E-state index contributed by atoms with van der Waals surface area (Å²) in [4.78, 5) is 0. The van der Waals surface area contributed by atoms with E-state index in [2.05, 4.69) is 12.1 Å². The van der Waals surface area contributed by atoms with Crippen LogP contribution in [0.1, 0.15) is 5.56 Å². The first-order valence-corrected chi connectivity index (χ1v) is 12.7. The van der Waals surface area contributed by atoms with Gasteiger partial charge in [-0.05, 0) is 95.7 Å². The topological polar surface area (TPSA) is 0 Å². The van der Waals surface area contributed by atoms with Crippen LogP contribution in [0.2, 0.25) is 0 Å². The monoisotopic (exact) mass is 534 g/mol. The van der Waals surface area contributed by atoms with Gasteiger partial charge in [-0.2, -0.15) is 13.2 Å². The third-order valence-corrected chi connectivity index (χ3v) is 7.60. The summed E-state index contributed by atoms with van der Waals surface area (Å²) in [6, 6.07) is 32.7.